The highest BCUT2D eigenvalue weighted by molar-refractivity contribution is 5.71. The Bertz CT molecular complexity index is 1560. The molecule has 8 heteroatoms. The number of hydrogen-bond donors (Lipinski definition) is 3. The van der Waals surface area contributed by atoms with Crippen LogP contribution in [0.2, 0.25) is 0 Å². The summed E-state index contributed by atoms with van der Waals surface area (Å²) in [6, 6.07) is 28.4. The average Bonchev–Trinajstić information content (AvgIpc) is 3.52. The maximum atomic E-state index is 9.67. The van der Waals surface area contributed by atoms with Crippen molar-refractivity contribution in [2.24, 2.45) is 0 Å². The fraction of sp³-hybridized carbons (Fsp3) is 0.242. The van der Waals surface area contributed by atoms with Crippen LogP contribution in [-0.2, 0) is 0 Å². The highest BCUT2D eigenvalue weighted by atomic mass is 16.5. The van der Waals surface area contributed by atoms with E-state index in [-0.39, 0.29) is 6.10 Å². The van der Waals surface area contributed by atoms with Crippen LogP contribution in [-0.4, -0.2) is 62.3 Å². The fourth-order valence-corrected chi connectivity index (χ4v) is 5.06. The van der Waals surface area contributed by atoms with Gasteiger partial charge in [0.25, 0.3) is 0 Å². The number of aliphatic hydroxyl groups is 1. The third kappa shape index (κ3) is 6.98. The molecule has 1 aliphatic heterocycles. The second-order valence-electron chi connectivity index (χ2n) is 10.3. The lowest BCUT2D eigenvalue weighted by molar-refractivity contribution is 0.0800. The monoisotopic (exact) mass is 546 g/mol. The Morgan fingerprint density at radius 2 is 1.68 bits per heavy atom. The number of piperidine rings is 1. The Labute approximate surface area is 240 Å². The summed E-state index contributed by atoms with van der Waals surface area (Å²) in [6.07, 6.45) is 6.08. The number of aromatic amines is 1. The predicted molar refractivity (Wildman–Crippen MR) is 162 cm³/mol. The number of benzene rings is 3. The molecule has 1 saturated heterocycles. The molecule has 1 aliphatic rings. The molecule has 3 heterocycles. The van der Waals surface area contributed by atoms with E-state index in [1.54, 1.807) is 12.4 Å². The number of imidazole rings is 1. The van der Waals surface area contributed by atoms with Gasteiger partial charge in [0.1, 0.15) is 11.6 Å². The van der Waals surface area contributed by atoms with Crippen LogP contribution in [0.15, 0.2) is 97.3 Å². The highest BCUT2D eigenvalue weighted by Crippen LogP contribution is 2.27. The number of aromatic nitrogens is 4. The highest BCUT2D eigenvalue weighted by Gasteiger charge is 2.16. The van der Waals surface area contributed by atoms with Crippen LogP contribution in [0.1, 0.15) is 19.3 Å². The van der Waals surface area contributed by atoms with Crippen molar-refractivity contribution < 1.29 is 9.84 Å². The average molecular weight is 547 g/mol. The van der Waals surface area contributed by atoms with Crippen molar-refractivity contribution in [2.75, 3.05) is 31.6 Å². The number of nitrogens with one attached hydrogen (secondary N) is 2. The number of rotatable bonds is 10. The zero-order valence-electron chi connectivity index (χ0n) is 22.9. The number of ether oxygens (including phenoxy) is 1. The molecule has 0 saturated carbocycles. The Balaban J connectivity index is 1.08. The topological polar surface area (TPSA) is 99.2 Å². The van der Waals surface area contributed by atoms with E-state index in [1.165, 1.54) is 5.56 Å². The summed E-state index contributed by atoms with van der Waals surface area (Å²) in [5.41, 5.74) is 5.74. The molecule has 0 atom stereocenters. The van der Waals surface area contributed by atoms with E-state index in [0.717, 1.165) is 78.7 Å². The molecule has 2 aromatic heterocycles. The molecule has 8 nitrogen and oxygen atoms in total. The van der Waals surface area contributed by atoms with Crippen LogP contribution in [0.4, 0.5) is 11.6 Å². The molecule has 5 aromatic rings. The van der Waals surface area contributed by atoms with Gasteiger partial charge in [-0.05, 0) is 54.7 Å². The zero-order chi connectivity index (χ0) is 27.9. The van der Waals surface area contributed by atoms with E-state index in [9.17, 15) is 5.11 Å². The van der Waals surface area contributed by atoms with Crippen molar-refractivity contribution in [3.05, 3.63) is 97.3 Å². The van der Waals surface area contributed by atoms with Crippen LogP contribution in [0, 0.1) is 0 Å². The molecular weight excluding hydrogens is 512 g/mol. The third-order valence-electron chi connectivity index (χ3n) is 7.29. The first-order chi connectivity index (χ1) is 20.2. The summed E-state index contributed by atoms with van der Waals surface area (Å²) < 4.78 is 6.00. The van der Waals surface area contributed by atoms with Crippen molar-refractivity contribution in [3.8, 4) is 39.7 Å². The molecule has 0 bridgehead atoms. The first-order valence-electron chi connectivity index (χ1n) is 14.1. The van der Waals surface area contributed by atoms with Crippen LogP contribution in [0.3, 0.4) is 0 Å². The molecule has 0 aliphatic carbocycles. The van der Waals surface area contributed by atoms with Gasteiger partial charge in [-0.1, -0.05) is 54.6 Å². The summed E-state index contributed by atoms with van der Waals surface area (Å²) in [4.78, 5) is 19.6. The second-order valence-corrected chi connectivity index (χ2v) is 10.3. The summed E-state index contributed by atoms with van der Waals surface area (Å²) in [5, 5.41) is 13.0. The van der Waals surface area contributed by atoms with Gasteiger partial charge in [0, 0.05) is 43.1 Å². The van der Waals surface area contributed by atoms with Gasteiger partial charge in [0.2, 0.25) is 5.95 Å². The molecule has 208 valence electrons. The first-order valence-corrected chi connectivity index (χ1v) is 14.1. The lowest BCUT2D eigenvalue weighted by Crippen LogP contribution is -2.36. The number of anilines is 2. The standard InChI is InChI=1S/C33H34N6O2/c40-28-14-18-39(19-15-28)17-6-20-41-29-12-5-11-27(22-29)36-33-34-16-13-30(38-33)31-23-35-32(37-31)26-10-4-9-25(21-26)24-7-2-1-3-8-24/h1-5,7-13,16,21-23,28,40H,6,14-15,17-20H2,(H,35,37)(H,34,36,38). The van der Waals surface area contributed by atoms with Gasteiger partial charge in [-0.3, -0.25) is 0 Å². The summed E-state index contributed by atoms with van der Waals surface area (Å²) in [6.45, 7) is 3.55. The quantitative estimate of drug-likeness (QED) is 0.180. The van der Waals surface area contributed by atoms with Crippen LogP contribution < -0.4 is 10.1 Å². The lowest BCUT2D eigenvalue weighted by atomic mass is 10.0. The van der Waals surface area contributed by atoms with Gasteiger partial charge in [-0.15, -0.1) is 0 Å². The molecule has 6 rings (SSSR count). The summed E-state index contributed by atoms with van der Waals surface area (Å²) in [7, 11) is 0. The number of aliphatic hydroxyl groups excluding tert-OH is 1. The number of nitrogens with zero attached hydrogens (tertiary/aromatic N) is 4. The SMILES string of the molecule is OC1CCN(CCCOc2cccc(Nc3nccc(-c4cnc(-c5cccc(-c6ccccc6)c5)[nH]4)n3)c2)CC1. The molecule has 41 heavy (non-hydrogen) atoms. The van der Waals surface area contributed by atoms with E-state index in [4.69, 9.17) is 9.72 Å². The van der Waals surface area contributed by atoms with Gasteiger partial charge < -0.3 is 25.0 Å². The van der Waals surface area contributed by atoms with Crippen molar-refractivity contribution in [2.45, 2.75) is 25.4 Å². The zero-order valence-corrected chi connectivity index (χ0v) is 22.9. The van der Waals surface area contributed by atoms with E-state index >= 15 is 0 Å². The number of likely N-dealkylation sites (tertiary alicyclic amines) is 1. The molecule has 1 fully saturated rings. The van der Waals surface area contributed by atoms with E-state index in [2.05, 4.69) is 55.5 Å². The Kier molecular flexibility index (Phi) is 8.30. The molecule has 0 radical (unpaired) electrons. The van der Waals surface area contributed by atoms with Gasteiger partial charge >= 0.3 is 0 Å². The molecule has 0 unspecified atom stereocenters. The van der Waals surface area contributed by atoms with Crippen LogP contribution in [0.5, 0.6) is 5.75 Å². The fourth-order valence-electron chi connectivity index (χ4n) is 5.06. The van der Waals surface area contributed by atoms with Gasteiger partial charge in [0.05, 0.1) is 30.3 Å². The summed E-state index contributed by atoms with van der Waals surface area (Å²) in [5.74, 6) is 2.08. The second kappa shape index (κ2) is 12.8. The number of H-pyrrole nitrogens is 1. The molecule has 0 spiro atoms. The largest absolute Gasteiger partial charge is 0.493 e. The van der Waals surface area contributed by atoms with Crippen molar-refractivity contribution >= 4 is 11.6 Å². The van der Waals surface area contributed by atoms with E-state index in [0.29, 0.717) is 12.6 Å². The number of hydrogen-bond acceptors (Lipinski definition) is 7. The maximum Gasteiger partial charge on any atom is 0.227 e. The van der Waals surface area contributed by atoms with Gasteiger partial charge in [-0.25, -0.2) is 15.0 Å². The van der Waals surface area contributed by atoms with E-state index in [1.807, 2.05) is 54.6 Å². The van der Waals surface area contributed by atoms with Crippen molar-refractivity contribution in [1.82, 2.24) is 24.8 Å². The first kappa shape index (κ1) is 26.7. The molecule has 3 N–H and O–H groups in total. The minimum atomic E-state index is -0.137. The Morgan fingerprint density at radius 1 is 0.878 bits per heavy atom. The maximum absolute atomic E-state index is 9.67. The van der Waals surface area contributed by atoms with E-state index < -0.39 is 0 Å². The normalized spacial score (nSPS) is 14.2. The molecular formula is C33H34N6O2. The molecule has 3 aromatic carbocycles. The Morgan fingerprint density at radius 3 is 2.56 bits per heavy atom. The van der Waals surface area contributed by atoms with Crippen molar-refractivity contribution in [3.63, 3.8) is 0 Å². The van der Waals surface area contributed by atoms with Gasteiger partial charge in [0.15, 0.2) is 0 Å². The van der Waals surface area contributed by atoms with Crippen LogP contribution in [0.25, 0.3) is 33.9 Å². The van der Waals surface area contributed by atoms with Gasteiger partial charge in [-0.2, -0.15) is 0 Å². The smallest absolute Gasteiger partial charge is 0.227 e. The Hall–Kier alpha value is -4.53. The minimum absolute atomic E-state index is 0.137. The predicted octanol–water partition coefficient (Wildman–Crippen LogP) is 6.17. The molecule has 0 amide bonds. The van der Waals surface area contributed by atoms with Crippen LogP contribution >= 0.6 is 0 Å². The van der Waals surface area contributed by atoms with Crippen molar-refractivity contribution in [1.29, 1.82) is 0 Å². The lowest BCUT2D eigenvalue weighted by Gasteiger charge is -2.29. The minimum Gasteiger partial charge on any atom is -0.493 e. The third-order valence-corrected chi connectivity index (χ3v) is 7.29. The summed E-state index contributed by atoms with van der Waals surface area (Å²) >= 11 is 0.